The second kappa shape index (κ2) is 22.8. The van der Waals surface area contributed by atoms with Gasteiger partial charge in [-0.15, -0.1) is 11.1 Å². The minimum Gasteiger partial charge on any atom is -0.394 e. The molecule has 0 aliphatic carbocycles. The zero-order chi connectivity index (χ0) is 17.9. The van der Waals surface area contributed by atoms with E-state index < -0.39 is 0 Å². The molecule has 2 aromatic rings. The summed E-state index contributed by atoms with van der Waals surface area (Å²) in [6.07, 6.45) is 6.66. The van der Waals surface area contributed by atoms with E-state index in [1.807, 2.05) is 59.9 Å². The average molecular weight is 426 g/mol. The molecule has 1 aliphatic rings. The van der Waals surface area contributed by atoms with Gasteiger partial charge in [-0.2, -0.15) is 0 Å². The Morgan fingerprint density at radius 1 is 1.17 bits per heavy atom. The second-order valence-corrected chi connectivity index (χ2v) is 5.59. The summed E-state index contributed by atoms with van der Waals surface area (Å²) in [6.45, 7) is 16.2. The van der Waals surface area contributed by atoms with Crippen molar-refractivity contribution in [2.75, 3.05) is 13.2 Å². The first-order valence-corrected chi connectivity index (χ1v) is 9.23. The molecule has 0 amide bonds. The fraction of sp³-hybridized carbons (Fsp3) is 0.579. The van der Waals surface area contributed by atoms with Gasteiger partial charge in [0.05, 0.1) is 0 Å². The Kier molecular flexibility index (Phi) is 27.3. The zero-order valence-corrected chi connectivity index (χ0v) is 20.0. The number of pyridine rings is 1. The zero-order valence-electron chi connectivity index (χ0n) is 16.4. The molecule has 0 N–H and O–H groups in total. The molecule has 3 heterocycles. The average Bonchev–Trinajstić information content (AvgIpc) is 3.27. The van der Waals surface area contributed by atoms with E-state index in [2.05, 4.69) is 22.4 Å². The molecular formula is C19H33N2OSY-. The van der Waals surface area contributed by atoms with Crippen LogP contribution in [0.1, 0.15) is 51.5 Å². The predicted octanol–water partition coefficient (Wildman–Crippen LogP) is 5.73. The Hall–Kier alpha value is -0.156. The molecule has 2 aromatic heterocycles. The number of aryl methyl sites for hydroxylation is 2. The number of hydrogen-bond acceptors (Lipinski definition) is 4. The maximum atomic E-state index is 5.06. The van der Waals surface area contributed by atoms with E-state index >= 15 is 0 Å². The van der Waals surface area contributed by atoms with Crippen LogP contribution < -0.4 is 0 Å². The Labute approximate surface area is 178 Å². The number of ether oxygens (including phenoxy) is 1. The maximum Gasteiger partial charge on any atom is 0.0492 e. The van der Waals surface area contributed by atoms with Crippen LogP contribution in [-0.4, -0.2) is 23.2 Å². The van der Waals surface area contributed by atoms with Crippen LogP contribution in [0.2, 0.25) is 0 Å². The molecule has 3 nitrogen and oxygen atoms in total. The summed E-state index contributed by atoms with van der Waals surface area (Å²) in [6, 6.07) is 3.95. The SMILES string of the molecule is CC.CC.CC1CCOC1.Cc1cccnc1.Cc1cn[c-]s1.[Y]. The normalized spacial score (nSPS) is 13.9. The van der Waals surface area contributed by atoms with Crippen molar-refractivity contribution in [2.45, 2.75) is 54.9 Å². The Bertz CT molecular complexity index is 418. The van der Waals surface area contributed by atoms with Crippen LogP contribution in [-0.2, 0) is 37.4 Å². The molecule has 0 aromatic carbocycles. The van der Waals surface area contributed by atoms with E-state index in [0.29, 0.717) is 0 Å². The molecule has 1 unspecified atom stereocenters. The number of thiazole rings is 1. The van der Waals surface area contributed by atoms with E-state index in [4.69, 9.17) is 4.74 Å². The minimum absolute atomic E-state index is 0. The van der Waals surface area contributed by atoms with Gasteiger partial charge in [0, 0.05) is 58.3 Å². The Morgan fingerprint density at radius 2 is 1.83 bits per heavy atom. The smallest absolute Gasteiger partial charge is 0.0492 e. The van der Waals surface area contributed by atoms with Gasteiger partial charge in [-0.25, -0.2) is 0 Å². The first-order valence-electron chi connectivity index (χ1n) is 8.41. The molecule has 24 heavy (non-hydrogen) atoms. The van der Waals surface area contributed by atoms with Gasteiger partial charge in [0.15, 0.2) is 0 Å². The molecular weight excluding hydrogens is 393 g/mol. The summed E-state index contributed by atoms with van der Waals surface area (Å²) in [5.74, 6) is 0.824. The van der Waals surface area contributed by atoms with Gasteiger partial charge in [0.1, 0.15) is 0 Å². The van der Waals surface area contributed by atoms with E-state index in [0.717, 1.165) is 19.1 Å². The summed E-state index contributed by atoms with van der Waals surface area (Å²) in [4.78, 5) is 8.82. The minimum atomic E-state index is 0. The predicted molar refractivity (Wildman–Crippen MR) is 102 cm³/mol. The third-order valence-corrected chi connectivity index (χ3v) is 3.10. The van der Waals surface area contributed by atoms with Crippen molar-refractivity contribution in [2.24, 2.45) is 5.92 Å². The van der Waals surface area contributed by atoms with Gasteiger partial charge in [0.25, 0.3) is 0 Å². The van der Waals surface area contributed by atoms with Gasteiger partial charge in [-0.05, 0) is 36.4 Å². The summed E-state index contributed by atoms with van der Waals surface area (Å²) in [5, 5.41) is 0. The first kappa shape index (κ1) is 28.6. The van der Waals surface area contributed by atoms with Gasteiger partial charge < -0.3 is 9.72 Å². The maximum absolute atomic E-state index is 5.06. The van der Waals surface area contributed by atoms with Crippen LogP contribution in [0, 0.1) is 25.3 Å². The molecule has 3 rings (SSSR count). The van der Waals surface area contributed by atoms with E-state index in [-0.39, 0.29) is 32.7 Å². The number of aromatic nitrogens is 2. The molecule has 5 heteroatoms. The van der Waals surface area contributed by atoms with Gasteiger partial charge in [-0.3, -0.25) is 16.3 Å². The van der Waals surface area contributed by atoms with E-state index in [9.17, 15) is 0 Å². The Morgan fingerprint density at radius 3 is 2.00 bits per heavy atom. The fourth-order valence-electron chi connectivity index (χ4n) is 1.34. The molecule has 1 aliphatic heterocycles. The largest absolute Gasteiger partial charge is 0.394 e. The third kappa shape index (κ3) is 19.9. The molecule has 0 saturated carbocycles. The molecule has 1 atom stereocenters. The summed E-state index contributed by atoms with van der Waals surface area (Å²) >= 11 is 1.54. The Balaban J connectivity index is -0.000000246. The number of hydrogen-bond donors (Lipinski definition) is 0. The van der Waals surface area contributed by atoms with Crippen LogP contribution in [0.25, 0.3) is 0 Å². The van der Waals surface area contributed by atoms with Crippen LogP contribution in [0.3, 0.4) is 0 Å². The van der Waals surface area contributed by atoms with Crippen molar-refractivity contribution in [3.63, 3.8) is 0 Å². The van der Waals surface area contributed by atoms with Crippen molar-refractivity contribution in [3.05, 3.63) is 46.7 Å². The monoisotopic (exact) mass is 426 g/mol. The van der Waals surface area contributed by atoms with Gasteiger partial charge in [-0.1, -0.05) is 47.6 Å². The number of rotatable bonds is 0. The standard InChI is InChI=1S/C6H7N.C5H10O.C4H4NS.2C2H6.Y/c1-6-3-2-4-7-5-6;1-5-2-3-6-4-5;1-4-2-5-3-6-4;2*1-2;/h2-5H,1H3;5H,2-4H2,1H3;2H,1H3;2*1-2H3;/q;;-1;;;. The van der Waals surface area contributed by atoms with E-state index in [1.54, 1.807) is 23.7 Å². The molecule has 135 valence electrons. The van der Waals surface area contributed by atoms with Crippen LogP contribution in [0.15, 0.2) is 30.7 Å². The molecule has 0 bridgehead atoms. The molecule has 1 saturated heterocycles. The topological polar surface area (TPSA) is 35.0 Å². The first-order chi connectivity index (χ1) is 11.2. The van der Waals surface area contributed by atoms with Crippen LogP contribution >= 0.6 is 11.3 Å². The molecule has 1 radical (unpaired) electrons. The third-order valence-electron chi connectivity index (χ3n) is 2.47. The quantitative estimate of drug-likeness (QED) is 0.505. The van der Waals surface area contributed by atoms with Crippen molar-refractivity contribution < 1.29 is 37.4 Å². The van der Waals surface area contributed by atoms with Crippen molar-refractivity contribution >= 4 is 11.3 Å². The van der Waals surface area contributed by atoms with Gasteiger partial charge >= 0.3 is 0 Å². The van der Waals surface area contributed by atoms with Crippen LogP contribution in [0.5, 0.6) is 0 Å². The van der Waals surface area contributed by atoms with Crippen molar-refractivity contribution in [3.8, 4) is 0 Å². The van der Waals surface area contributed by atoms with Gasteiger partial charge in [0.2, 0.25) is 0 Å². The molecule has 1 fully saturated rings. The number of nitrogens with zero attached hydrogens (tertiary/aromatic N) is 2. The van der Waals surface area contributed by atoms with E-state index in [1.165, 1.54) is 16.9 Å². The fourth-order valence-corrected chi connectivity index (χ4v) is 1.70. The summed E-state index contributed by atoms with van der Waals surface area (Å²) in [7, 11) is 0. The molecule has 0 spiro atoms. The van der Waals surface area contributed by atoms with Crippen molar-refractivity contribution in [1.82, 2.24) is 9.97 Å². The second-order valence-electron chi connectivity index (χ2n) is 4.56. The van der Waals surface area contributed by atoms with Crippen LogP contribution in [0.4, 0.5) is 0 Å². The summed E-state index contributed by atoms with van der Waals surface area (Å²) in [5.41, 5.74) is 3.93. The van der Waals surface area contributed by atoms with Crippen molar-refractivity contribution in [1.29, 1.82) is 0 Å². The summed E-state index contributed by atoms with van der Waals surface area (Å²) < 4.78 is 5.06.